The van der Waals surface area contributed by atoms with Crippen LogP contribution in [0.2, 0.25) is 5.02 Å². The normalized spacial score (nSPS) is 25.5. The monoisotopic (exact) mass is 305 g/mol. The summed E-state index contributed by atoms with van der Waals surface area (Å²) in [6.45, 7) is 2.27. The largest absolute Gasteiger partial charge is 0.380 e. The molecule has 0 amide bonds. The molecular formula is C11H13BrClNS. The second kappa shape index (κ2) is 4.98. The number of benzene rings is 1. The van der Waals surface area contributed by atoms with E-state index in [9.17, 15) is 0 Å². The Morgan fingerprint density at radius 2 is 2.33 bits per heavy atom. The Hall–Kier alpha value is 0.140. The quantitative estimate of drug-likeness (QED) is 0.868. The van der Waals surface area contributed by atoms with Crippen molar-refractivity contribution in [2.75, 3.05) is 11.1 Å². The molecule has 2 rings (SSSR count). The van der Waals surface area contributed by atoms with Gasteiger partial charge in [-0.3, -0.25) is 0 Å². The lowest BCUT2D eigenvalue weighted by molar-refractivity contribution is 0.724. The molecule has 2 unspecified atom stereocenters. The van der Waals surface area contributed by atoms with Crippen molar-refractivity contribution in [2.24, 2.45) is 0 Å². The number of hydrogen-bond donors (Lipinski definition) is 1. The molecule has 1 aliphatic rings. The van der Waals surface area contributed by atoms with Crippen LogP contribution in [0.4, 0.5) is 5.69 Å². The van der Waals surface area contributed by atoms with Crippen molar-refractivity contribution in [1.29, 1.82) is 0 Å². The molecule has 1 aromatic rings. The number of anilines is 1. The molecule has 1 heterocycles. The smallest absolute Gasteiger partial charge is 0.0502 e. The summed E-state index contributed by atoms with van der Waals surface area (Å²) < 4.78 is 1.08. The van der Waals surface area contributed by atoms with E-state index in [0.717, 1.165) is 15.2 Å². The summed E-state index contributed by atoms with van der Waals surface area (Å²) in [7, 11) is 0. The first-order valence-electron chi connectivity index (χ1n) is 5.00. The second-order valence-electron chi connectivity index (χ2n) is 3.74. The molecule has 0 bridgehead atoms. The molecule has 4 heteroatoms. The van der Waals surface area contributed by atoms with E-state index in [0.29, 0.717) is 11.3 Å². The van der Waals surface area contributed by atoms with Crippen molar-refractivity contribution in [1.82, 2.24) is 0 Å². The second-order valence-corrected chi connectivity index (χ2v) is 6.52. The summed E-state index contributed by atoms with van der Waals surface area (Å²) in [6.07, 6.45) is 1.23. The topological polar surface area (TPSA) is 12.0 Å². The van der Waals surface area contributed by atoms with Gasteiger partial charge in [0.2, 0.25) is 0 Å². The summed E-state index contributed by atoms with van der Waals surface area (Å²) in [5.41, 5.74) is 1.10. The lowest BCUT2D eigenvalue weighted by Gasteiger charge is -2.19. The first kappa shape index (κ1) is 11.6. The molecular weight excluding hydrogens is 294 g/mol. The van der Waals surface area contributed by atoms with Gasteiger partial charge in [-0.15, -0.1) is 0 Å². The zero-order valence-electron chi connectivity index (χ0n) is 8.47. The predicted octanol–water partition coefficient (Wildman–Crippen LogP) is 4.41. The van der Waals surface area contributed by atoms with Gasteiger partial charge in [0.1, 0.15) is 0 Å². The third-order valence-electron chi connectivity index (χ3n) is 2.65. The molecule has 15 heavy (non-hydrogen) atoms. The standard InChI is InChI=1S/C11H13BrClNS/c1-7-10(4-5-15-7)14-11-6-8(13)2-3-9(11)12/h2-3,6-7,10,14H,4-5H2,1H3. The van der Waals surface area contributed by atoms with Crippen LogP contribution in [0.1, 0.15) is 13.3 Å². The van der Waals surface area contributed by atoms with Crippen LogP contribution in [0.15, 0.2) is 22.7 Å². The van der Waals surface area contributed by atoms with Crippen molar-refractivity contribution in [3.05, 3.63) is 27.7 Å². The van der Waals surface area contributed by atoms with Crippen molar-refractivity contribution in [3.63, 3.8) is 0 Å². The fourth-order valence-electron chi connectivity index (χ4n) is 1.73. The molecule has 0 saturated carbocycles. The SMILES string of the molecule is CC1SCCC1Nc1cc(Cl)ccc1Br. The fourth-order valence-corrected chi connectivity index (χ4v) is 3.46. The molecule has 2 atom stereocenters. The molecule has 1 saturated heterocycles. The first-order chi connectivity index (χ1) is 7.16. The van der Waals surface area contributed by atoms with Crippen LogP contribution < -0.4 is 5.32 Å². The average Bonchev–Trinajstić information content (AvgIpc) is 2.58. The highest BCUT2D eigenvalue weighted by Gasteiger charge is 2.24. The van der Waals surface area contributed by atoms with Crippen LogP contribution in [-0.4, -0.2) is 17.0 Å². The van der Waals surface area contributed by atoms with Crippen molar-refractivity contribution < 1.29 is 0 Å². The van der Waals surface area contributed by atoms with Crippen LogP contribution in [0.5, 0.6) is 0 Å². The average molecular weight is 307 g/mol. The zero-order valence-corrected chi connectivity index (χ0v) is 11.6. The van der Waals surface area contributed by atoms with E-state index in [1.54, 1.807) is 0 Å². The van der Waals surface area contributed by atoms with Crippen molar-refractivity contribution >= 4 is 45.0 Å². The van der Waals surface area contributed by atoms with E-state index in [1.165, 1.54) is 12.2 Å². The van der Waals surface area contributed by atoms with Gasteiger partial charge in [-0.25, -0.2) is 0 Å². The zero-order chi connectivity index (χ0) is 10.8. The van der Waals surface area contributed by atoms with Gasteiger partial charge in [0.15, 0.2) is 0 Å². The van der Waals surface area contributed by atoms with Gasteiger partial charge in [0.05, 0.1) is 5.69 Å². The van der Waals surface area contributed by atoms with Crippen LogP contribution in [0, 0.1) is 0 Å². The molecule has 1 fully saturated rings. The minimum Gasteiger partial charge on any atom is -0.380 e. The predicted molar refractivity (Wildman–Crippen MR) is 73.1 cm³/mol. The summed E-state index contributed by atoms with van der Waals surface area (Å²) >= 11 is 11.5. The Morgan fingerprint density at radius 1 is 1.53 bits per heavy atom. The molecule has 0 aromatic heterocycles. The number of halogens is 2. The highest BCUT2D eigenvalue weighted by molar-refractivity contribution is 9.10. The molecule has 1 aromatic carbocycles. The molecule has 0 radical (unpaired) electrons. The summed E-state index contributed by atoms with van der Waals surface area (Å²) in [6, 6.07) is 6.41. The number of hydrogen-bond acceptors (Lipinski definition) is 2. The maximum atomic E-state index is 5.97. The summed E-state index contributed by atoms with van der Waals surface area (Å²) in [4.78, 5) is 0. The van der Waals surface area contributed by atoms with Crippen LogP contribution in [-0.2, 0) is 0 Å². The lowest BCUT2D eigenvalue weighted by atomic mass is 10.1. The third kappa shape index (κ3) is 2.83. The Kier molecular flexibility index (Phi) is 3.86. The van der Waals surface area contributed by atoms with E-state index in [4.69, 9.17) is 11.6 Å². The van der Waals surface area contributed by atoms with Gasteiger partial charge in [0, 0.05) is 20.8 Å². The Labute approximate surface area is 108 Å². The molecule has 0 aliphatic carbocycles. The van der Waals surface area contributed by atoms with Crippen molar-refractivity contribution in [3.8, 4) is 0 Å². The Morgan fingerprint density at radius 3 is 3.00 bits per heavy atom. The van der Waals surface area contributed by atoms with E-state index in [1.807, 2.05) is 30.0 Å². The summed E-state index contributed by atoms with van der Waals surface area (Å²) in [5.74, 6) is 1.25. The lowest BCUT2D eigenvalue weighted by Crippen LogP contribution is -2.24. The third-order valence-corrected chi connectivity index (χ3v) is 4.90. The van der Waals surface area contributed by atoms with E-state index >= 15 is 0 Å². The van der Waals surface area contributed by atoms with E-state index in [2.05, 4.69) is 28.2 Å². The van der Waals surface area contributed by atoms with Crippen LogP contribution >= 0.6 is 39.3 Å². The highest BCUT2D eigenvalue weighted by Crippen LogP contribution is 2.32. The molecule has 1 aliphatic heterocycles. The van der Waals surface area contributed by atoms with Gasteiger partial charge in [-0.1, -0.05) is 18.5 Å². The Bertz CT molecular complexity index is 358. The van der Waals surface area contributed by atoms with Gasteiger partial charge in [-0.2, -0.15) is 11.8 Å². The highest BCUT2D eigenvalue weighted by atomic mass is 79.9. The first-order valence-corrected chi connectivity index (χ1v) is 7.22. The number of nitrogens with one attached hydrogen (secondary N) is 1. The van der Waals surface area contributed by atoms with Gasteiger partial charge in [0.25, 0.3) is 0 Å². The number of rotatable bonds is 2. The van der Waals surface area contributed by atoms with E-state index < -0.39 is 0 Å². The van der Waals surface area contributed by atoms with Gasteiger partial charge in [-0.05, 0) is 46.3 Å². The maximum Gasteiger partial charge on any atom is 0.0502 e. The minimum atomic E-state index is 0.560. The van der Waals surface area contributed by atoms with Crippen molar-refractivity contribution in [2.45, 2.75) is 24.6 Å². The molecule has 82 valence electrons. The minimum absolute atomic E-state index is 0.560. The number of thioether (sulfide) groups is 1. The molecule has 1 nitrogen and oxygen atoms in total. The maximum absolute atomic E-state index is 5.97. The fraction of sp³-hybridized carbons (Fsp3) is 0.455. The Balaban J connectivity index is 2.12. The molecule has 0 spiro atoms. The van der Waals surface area contributed by atoms with Crippen LogP contribution in [0.25, 0.3) is 0 Å². The molecule has 1 N–H and O–H groups in total. The van der Waals surface area contributed by atoms with Gasteiger partial charge < -0.3 is 5.32 Å². The van der Waals surface area contributed by atoms with E-state index in [-0.39, 0.29) is 0 Å². The van der Waals surface area contributed by atoms with Crippen LogP contribution in [0.3, 0.4) is 0 Å². The summed E-state index contributed by atoms with van der Waals surface area (Å²) in [5, 5.41) is 5.00. The van der Waals surface area contributed by atoms with Gasteiger partial charge >= 0.3 is 0 Å².